The lowest BCUT2D eigenvalue weighted by Crippen LogP contribution is -2.47. The summed E-state index contributed by atoms with van der Waals surface area (Å²) in [6, 6.07) is 13.0. The summed E-state index contributed by atoms with van der Waals surface area (Å²) in [5.41, 5.74) is 1.48. The zero-order valence-electron chi connectivity index (χ0n) is 10.3. The van der Waals surface area contributed by atoms with Gasteiger partial charge in [-0.2, -0.15) is 0 Å². The van der Waals surface area contributed by atoms with Gasteiger partial charge in [0.2, 0.25) is 0 Å². The Labute approximate surface area is 95.7 Å². The van der Waals surface area contributed by atoms with Crippen molar-refractivity contribution in [3.8, 4) is 0 Å². The van der Waals surface area contributed by atoms with Crippen LogP contribution in [0.5, 0.6) is 0 Å². The van der Waals surface area contributed by atoms with Gasteiger partial charge in [-0.05, 0) is 18.9 Å². The first kappa shape index (κ1) is 12.5. The molecule has 1 heteroatoms. The number of benzene rings is 1. The van der Waals surface area contributed by atoms with E-state index in [1.54, 1.807) is 5.19 Å². The molecule has 0 nitrogen and oxygen atoms in total. The van der Waals surface area contributed by atoms with Crippen LogP contribution in [0.2, 0.25) is 18.1 Å². The molecular formula is C14H23Si. The standard InChI is InChI=1S/C14H23Si/c1-5-13-11-9-10-12-14(13)15(6-2,7-3)8-4/h9-12H,1,5-8H2,2-4H3. The Balaban J connectivity index is 3.21. The first-order valence-electron chi connectivity index (χ1n) is 6.11. The van der Waals surface area contributed by atoms with Crippen LogP contribution in [-0.4, -0.2) is 8.07 Å². The van der Waals surface area contributed by atoms with Gasteiger partial charge >= 0.3 is 0 Å². The van der Waals surface area contributed by atoms with Gasteiger partial charge in [-0.3, -0.25) is 0 Å². The molecule has 0 fully saturated rings. The summed E-state index contributed by atoms with van der Waals surface area (Å²) in [5, 5.41) is 1.66. The van der Waals surface area contributed by atoms with Crippen LogP contribution in [-0.2, 0) is 6.42 Å². The smallest absolute Gasteiger partial charge is 0.0675 e. The molecule has 0 saturated carbocycles. The average Bonchev–Trinajstić information content (AvgIpc) is 2.33. The zero-order valence-corrected chi connectivity index (χ0v) is 11.3. The molecule has 0 unspecified atom stereocenters. The number of hydrogen-bond acceptors (Lipinski definition) is 0. The second-order valence-electron chi connectivity index (χ2n) is 4.25. The summed E-state index contributed by atoms with van der Waals surface area (Å²) in [6.07, 6.45) is 0.935. The Bertz CT molecular complexity index is 292. The second kappa shape index (κ2) is 5.50. The fraction of sp³-hybridized carbons (Fsp3) is 0.500. The van der Waals surface area contributed by atoms with Gasteiger partial charge in [-0.1, -0.05) is 68.4 Å². The molecule has 0 aliphatic rings. The van der Waals surface area contributed by atoms with Gasteiger partial charge in [0.05, 0.1) is 8.07 Å². The first-order chi connectivity index (χ1) is 7.24. The monoisotopic (exact) mass is 219 g/mol. The van der Waals surface area contributed by atoms with E-state index in [1.807, 2.05) is 0 Å². The van der Waals surface area contributed by atoms with Crippen LogP contribution in [0.15, 0.2) is 24.3 Å². The molecule has 0 amide bonds. The van der Waals surface area contributed by atoms with Crippen molar-refractivity contribution < 1.29 is 0 Å². The normalized spacial score (nSPS) is 11.7. The molecule has 1 aromatic carbocycles. The lowest BCUT2D eigenvalue weighted by molar-refractivity contribution is 1.18. The third-order valence-corrected chi connectivity index (χ3v) is 9.58. The Hall–Kier alpha value is -0.563. The van der Waals surface area contributed by atoms with Crippen molar-refractivity contribution in [2.75, 3.05) is 0 Å². The molecule has 1 aromatic rings. The minimum absolute atomic E-state index is 0.935. The van der Waals surface area contributed by atoms with Gasteiger partial charge in [-0.25, -0.2) is 0 Å². The predicted octanol–water partition coefficient (Wildman–Crippen LogP) is 3.78. The molecule has 0 aromatic heterocycles. The van der Waals surface area contributed by atoms with Crippen molar-refractivity contribution >= 4 is 13.3 Å². The van der Waals surface area contributed by atoms with Crippen LogP contribution < -0.4 is 5.19 Å². The summed E-state index contributed by atoms with van der Waals surface area (Å²) >= 11 is 0. The van der Waals surface area contributed by atoms with Gasteiger partial charge in [0.1, 0.15) is 0 Å². The third kappa shape index (κ3) is 2.33. The van der Waals surface area contributed by atoms with Crippen molar-refractivity contribution in [2.45, 2.75) is 45.3 Å². The number of rotatable bonds is 5. The molecule has 0 aliphatic carbocycles. The van der Waals surface area contributed by atoms with E-state index in [0.29, 0.717) is 0 Å². The fourth-order valence-electron chi connectivity index (χ4n) is 2.58. The Morgan fingerprint density at radius 1 is 1.00 bits per heavy atom. The van der Waals surface area contributed by atoms with Gasteiger partial charge < -0.3 is 0 Å². The highest BCUT2D eigenvalue weighted by Crippen LogP contribution is 2.21. The van der Waals surface area contributed by atoms with E-state index >= 15 is 0 Å². The second-order valence-corrected chi connectivity index (χ2v) is 9.47. The maximum absolute atomic E-state index is 4.06. The van der Waals surface area contributed by atoms with Crippen LogP contribution in [0, 0.1) is 6.92 Å². The molecule has 0 N–H and O–H groups in total. The average molecular weight is 219 g/mol. The van der Waals surface area contributed by atoms with E-state index in [1.165, 1.54) is 23.7 Å². The molecule has 0 aliphatic heterocycles. The number of hydrogen-bond donors (Lipinski definition) is 0. The van der Waals surface area contributed by atoms with Crippen LogP contribution >= 0.6 is 0 Å². The molecule has 0 atom stereocenters. The Morgan fingerprint density at radius 3 is 2.00 bits per heavy atom. The lowest BCUT2D eigenvalue weighted by atomic mass is 10.2. The molecular weight excluding hydrogens is 196 g/mol. The minimum atomic E-state index is -1.20. The summed E-state index contributed by atoms with van der Waals surface area (Å²) in [4.78, 5) is 0. The fourth-order valence-corrected chi connectivity index (χ4v) is 6.56. The summed E-state index contributed by atoms with van der Waals surface area (Å²) in [7, 11) is -1.20. The van der Waals surface area contributed by atoms with Crippen molar-refractivity contribution in [1.82, 2.24) is 0 Å². The zero-order chi connectivity index (χ0) is 11.3. The predicted molar refractivity (Wildman–Crippen MR) is 72.3 cm³/mol. The molecule has 1 rings (SSSR count). The van der Waals surface area contributed by atoms with E-state index in [9.17, 15) is 0 Å². The summed E-state index contributed by atoms with van der Waals surface area (Å²) in [6.45, 7) is 11.1. The van der Waals surface area contributed by atoms with Crippen molar-refractivity contribution in [3.63, 3.8) is 0 Å². The molecule has 15 heavy (non-hydrogen) atoms. The topological polar surface area (TPSA) is 0 Å². The molecule has 0 saturated heterocycles. The summed E-state index contributed by atoms with van der Waals surface area (Å²) in [5.74, 6) is 0. The van der Waals surface area contributed by atoms with E-state index < -0.39 is 8.07 Å². The highest BCUT2D eigenvalue weighted by Gasteiger charge is 2.30. The highest BCUT2D eigenvalue weighted by atomic mass is 28.3. The maximum atomic E-state index is 4.06. The van der Waals surface area contributed by atoms with E-state index in [-0.39, 0.29) is 0 Å². The van der Waals surface area contributed by atoms with Gasteiger partial charge in [0.25, 0.3) is 0 Å². The molecule has 1 radical (unpaired) electrons. The van der Waals surface area contributed by atoms with E-state index in [4.69, 9.17) is 0 Å². The van der Waals surface area contributed by atoms with Crippen molar-refractivity contribution in [3.05, 3.63) is 36.8 Å². The van der Waals surface area contributed by atoms with Crippen molar-refractivity contribution in [1.29, 1.82) is 0 Å². The van der Waals surface area contributed by atoms with E-state index in [0.717, 1.165) is 6.42 Å². The van der Waals surface area contributed by atoms with E-state index in [2.05, 4.69) is 52.0 Å². The quantitative estimate of drug-likeness (QED) is 0.661. The molecule has 0 bridgehead atoms. The third-order valence-electron chi connectivity index (χ3n) is 3.89. The molecule has 0 spiro atoms. The van der Waals surface area contributed by atoms with Crippen LogP contribution in [0.4, 0.5) is 0 Å². The SMILES string of the molecule is [CH2]Cc1ccccc1[Si](CC)(CC)CC. The van der Waals surface area contributed by atoms with Gasteiger partial charge in [0.15, 0.2) is 0 Å². The first-order valence-corrected chi connectivity index (χ1v) is 8.73. The largest absolute Gasteiger partial charge is 0.0862 e. The Kier molecular flexibility index (Phi) is 4.59. The maximum Gasteiger partial charge on any atom is 0.0862 e. The minimum Gasteiger partial charge on any atom is -0.0675 e. The van der Waals surface area contributed by atoms with Crippen molar-refractivity contribution in [2.24, 2.45) is 0 Å². The van der Waals surface area contributed by atoms with Crippen LogP contribution in [0.3, 0.4) is 0 Å². The molecule has 83 valence electrons. The molecule has 0 heterocycles. The van der Waals surface area contributed by atoms with Gasteiger partial charge in [-0.15, -0.1) is 0 Å². The van der Waals surface area contributed by atoms with Crippen LogP contribution in [0.1, 0.15) is 26.3 Å². The van der Waals surface area contributed by atoms with Crippen LogP contribution in [0.25, 0.3) is 0 Å². The van der Waals surface area contributed by atoms with Gasteiger partial charge in [0, 0.05) is 0 Å². The highest BCUT2D eigenvalue weighted by molar-refractivity contribution is 6.92. The Morgan fingerprint density at radius 2 is 1.53 bits per heavy atom. The summed E-state index contributed by atoms with van der Waals surface area (Å²) < 4.78 is 0. The lowest BCUT2D eigenvalue weighted by Gasteiger charge is -2.30.